The number of amides is 1. The number of hydrogen-bond donors (Lipinski definition) is 2. The van der Waals surface area contributed by atoms with Crippen LogP contribution in [0.4, 0.5) is 5.82 Å². The van der Waals surface area contributed by atoms with Gasteiger partial charge in [-0.3, -0.25) is 4.79 Å². The first kappa shape index (κ1) is 18.7. The van der Waals surface area contributed by atoms with Crippen LogP contribution in [0.3, 0.4) is 0 Å². The molecular formula is C19H19N5O2S2. The second-order valence-electron chi connectivity index (χ2n) is 6.14. The molecule has 0 unspecified atom stereocenters. The molecule has 1 aromatic carbocycles. The second-order valence-corrected chi connectivity index (χ2v) is 8.25. The Morgan fingerprint density at radius 3 is 2.89 bits per heavy atom. The molecule has 0 radical (unpaired) electrons. The number of ether oxygens (including phenoxy) is 1. The fourth-order valence-electron chi connectivity index (χ4n) is 2.93. The molecule has 0 atom stereocenters. The Morgan fingerprint density at radius 2 is 2.07 bits per heavy atom. The van der Waals surface area contributed by atoms with Gasteiger partial charge in [-0.25, -0.2) is 15.0 Å². The molecule has 144 valence electrons. The first-order valence-corrected chi connectivity index (χ1v) is 10.4. The maximum absolute atomic E-state index is 12.8. The summed E-state index contributed by atoms with van der Waals surface area (Å²) in [6, 6.07) is 7.96. The van der Waals surface area contributed by atoms with Crippen molar-refractivity contribution in [2.75, 3.05) is 25.6 Å². The molecule has 2 N–H and O–H groups in total. The molecule has 0 bridgehead atoms. The van der Waals surface area contributed by atoms with Crippen LogP contribution in [0.1, 0.15) is 20.2 Å². The van der Waals surface area contributed by atoms with E-state index in [0.717, 1.165) is 36.8 Å². The molecule has 3 heterocycles. The summed E-state index contributed by atoms with van der Waals surface area (Å²) in [6.45, 7) is 3.54. The molecule has 0 spiro atoms. The number of benzene rings is 1. The van der Waals surface area contributed by atoms with Gasteiger partial charge in [0.25, 0.3) is 5.91 Å². The topological polar surface area (TPSA) is 89.0 Å². The molecule has 0 saturated heterocycles. The van der Waals surface area contributed by atoms with Gasteiger partial charge in [-0.15, -0.1) is 22.7 Å². The molecule has 4 aromatic rings. The Bertz CT molecular complexity index is 1100. The van der Waals surface area contributed by atoms with Gasteiger partial charge in [0.2, 0.25) is 0 Å². The number of rotatable bonds is 7. The number of thiophene rings is 1. The highest BCUT2D eigenvalue weighted by Gasteiger charge is 2.19. The summed E-state index contributed by atoms with van der Waals surface area (Å²) < 4.78 is 6.19. The van der Waals surface area contributed by atoms with Gasteiger partial charge in [-0.1, -0.05) is 12.1 Å². The monoisotopic (exact) mass is 413 g/mol. The van der Waals surface area contributed by atoms with Crippen molar-refractivity contribution in [2.45, 2.75) is 13.5 Å². The van der Waals surface area contributed by atoms with Crippen LogP contribution in [0.15, 0.2) is 30.6 Å². The minimum absolute atomic E-state index is 0.123. The fraction of sp³-hybridized carbons (Fsp3) is 0.263. The SMILES string of the molecule is COCCNc1ncnc2sc(C(=O)NCc3nc4ccccc4s3)c(C)c12. The first-order chi connectivity index (χ1) is 13.7. The number of thiazole rings is 1. The molecule has 0 aliphatic rings. The van der Waals surface area contributed by atoms with E-state index in [2.05, 4.69) is 25.6 Å². The maximum Gasteiger partial charge on any atom is 0.262 e. The Kier molecular flexibility index (Phi) is 5.47. The highest BCUT2D eigenvalue weighted by molar-refractivity contribution is 7.20. The van der Waals surface area contributed by atoms with E-state index in [-0.39, 0.29) is 5.91 Å². The summed E-state index contributed by atoms with van der Waals surface area (Å²) in [6.07, 6.45) is 1.51. The van der Waals surface area contributed by atoms with Crippen molar-refractivity contribution in [3.05, 3.63) is 46.0 Å². The normalized spacial score (nSPS) is 11.2. The van der Waals surface area contributed by atoms with E-state index in [9.17, 15) is 4.79 Å². The summed E-state index contributed by atoms with van der Waals surface area (Å²) >= 11 is 2.96. The molecule has 0 aliphatic heterocycles. The Morgan fingerprint density at radius 1 is 1.21 bits per heavy atom. The average Bonchev–Trinajstić information content (AvgIpc) is 3.27. The van der Waals surface area contributed by atoms with E-state index in [1.54, 1.807) is 18.4 Å². The number of para-hydroxylation sites is 1. The van der Waals surface area contributed by atoms with E-state index in [1.165, 1.54) is 17.7 Å². The van der Waals surface area contributed by atoms with E-state index < -0.39 is 0 Å². The number of nitrogens with zero attached hydrogens (tertiary/aromatic N) is 3. The number of carbonyl (C=O) groups is 1. The summed E-state index contributed by atoms with van der Waals surface area (Å²) in [5, 5.41) is 7.99. The minimum Gasteiger partial charge on any atom is -0.383 e. The van der Waals surface area contributed by atoms with E-state index in [1.807, 2.05) is 31.2 Å². The lowest BCUT2D eigenvalue weighted by Gasteiger charge is -2.06. The van der Waals surface area contributed by atoms with Gasteiger partial charge in [0.1, 0.15) is 22.0 Å². The van der Waals surface area contributed by atoms with Crippen LogP contribution >= 0.6 is 22.7 Å². The molecule has 7 nitrogen and oxygen atoms in total. The maximum atomic E-state index is 12.8. The van der Waals surface area contributed by atoms with Crippen LogP contribution in [0, 0.1) is 6.92 Å². The zero-order valence-electron chi connectivity index (χ0n) is 15.5. The van der Waals surface area contributed by atoms with Crippen molar-refractivity contribution in [3.63, 3.8) is 0 Å². The van der Waals surface area contributed by atoms with Crippen LogP contribution < -0.4 is 10.6 Å². The molecule has 28 heavy (non-hydrogen) atoms. The highest BCUT2D eigenvalue weighted by Crippen LogP contribution is 2.33. The van der Waals surface area contributed by atoms with Crippen LogP contribution in [0.25, 0.3) is 20.4 Å². The molecule has 3 aromatic heterocycles. The molecule has 0 saturated carbocycles. The van der Waals surface area contributed by atoms with Gasteiger partial charge >= 0.3 is 0 Å². The number of aromatic nitrogens is 3. The zero-order valence-corrected chi connectivity index (χ0v) is 17.1. The molecule has 0 aliphatic carbocycles. The van der Waals surface area contributed by atoms with E-state index in [0.29, 0.717) is 24.6 Å². The lowest BCUT2D eigenvalue weighted by atomic mass is 10.2. The van der Waals surface area contributed by atoms with Gasteiger partial charge in [0.15, 0.2) is 0 Å². The number of nitrogens with one attached hydrogen (secondary N) is 2. The van der Waals surface area contributed by atoms with Gasteiger partial charge in [-0.05, 0) is 24.6 Å². The van der Waals surface area contributed by atoms with Gasteiger partial charge < -0.3 is 15.4 Å². The largest absolute Gasteiger partial charge is 0.383 e. The molecule has 0 fully saturated rings. The number of fused-ring (bicyclic) bond motifs is 2. The third kappa shape index (κ3) is 3.68. The Balaban J connectivity index is 1.53. The van der Waals surface area contributed by atoms with Crippen LogP contribution in [-0.4, -0.2) is 41.1 Å². The number of methoxy groups -OCH3 is 1. The number of aryl methyl sites for hydroxylation is 1. The average molecular weight is 414 g/mol. The van der Waals surface area contributed by atoms with Crippen molar-refractivity contribution in [1.82, 2.24) is 20.3 Å². The van der Waals surface area contributed by atoms with Crippen LogP contribution in [-0.2, 0) is 11.3 Å². The summed E-state index contributed by atoms with van der Waals surface area (Å²) in [5.41, 5.74) is 1.83. The van der Waals surface area contributed by atoms with Crippen molar-refractivity contribution >= 4 is 54.8 Å². The quantitative estimate of drug-likeness (QED) is 0.450. The molecular weight excluding hydrogens is 394 g/mol. The summed E-state index contributed by atoms with van der Waals surface area (Å²) in [4.78, 5) is 27.4. The third-order valence-corrected chi connectivity index (χ3v) is 6.51. The molecule has 9 heteroatoms. The van der Waals surface area contributed by atoms with Crippen LogP contribution in [0.5, 0.6) is 0 Å². The lowest BCUT2D eigenvalue weighted by molar-refractivity contribution is 0.0954. The van der Waals surface area contributed by atoms with Gasteiger partial charge in [0, 0.05) is 13.7 Å². The predicted octanol–water partition coefficient (Wildman–Crippen LogP) is 3.60. The van der Waals surface area contributed by atoms with Crippen molar-refractivity contribution < 1.29 is 9.53 Å². The van der Waals surface area contributed by atoms with Crippen molar-refractivity contribution in [2.24, 2.45) is 0 Å². The van der Waals surface area contributed by atoms with Crippen molar-refractivity contribution in [1.29, 1.82) is 0 Å². The second kappa shape index (κ2) is 8.17. The number of anilines is 1. The molecule has 1 amide bonds. The number of carbonyl (C=O) groups excluding carboxylic acids is 1. The highest BCUT2D eigenvalue weighted by atomic mass is 32.1. The van der Waals surface area contributed by atoms with Gasteiger partial charge in [-0.2, -0.15) is 0 Å². The summed E-state index contributed by atoms with van der Waals surface area (Å²) in [7, 11) is 1.65. The van der Waals surface area contributed by atoms with Crippen molar-refractivity contribution in [3.8, 4) is 0 Å². The smallest absolute Gasteiger partial charge is 0.262 e. The zero-order chi connectivity index (χ0) is 19.5. The van der Waals surface area contributed by atoms with Gasteiger partial charge in [0.05, 0.1) is 33.6 Å². The minimum atomic E-state index is -0.123. The lowest BCUT2D eigenvalue weighted by Crippen LogP contribution is -2.22. The third-order valence-electron chi connectivity index (χ3n) is 4.27. The van der Waals surface area contributed by atoms with E-state index >= 15 is 0 Å². The van der Waals surface area contributed by atoms with E-state index in [4.69, 9.17) is 4.74 Å². The Hall–Kier alpha value is -2.62. The Labute approximate surface area is 169 Å². The fourth-order valence-corrected chi connectivity index (χ4v) is 4.90. The summed E-state index contributed by atoms with van der Waals surface area (Å²) in [5.74, 6) is 0.601. The predicted molar refractivity (Wildman–Crippen MR) is 113 cm³/mol. The molecule has 4 rings (SSSR count). The number of hydrogen-bond acceptors (Lipinski definition) is 8. The first-order valence-electron chi connectivity index (χ1n) is 8.77. The van der Waals surface area contributed by atoms with Crippen LogP contribution in [0.2, 0.25) is 0 Å². The standard InChI is InChI=1S/C19H19N5O2S2/c1-11-15-17(20-7-8-26-2)22-10-23-19(15)28-16(11)18(25)21-9-14-24-12-5-3-4-6-13(12)27-14/h3-6,10H,7-9H2,1-2H3,(H,21,25)(H,20,22,23).